The number of hydrogen-bond donors (Lipinski definition) is 1. The molecule has 112 valence electrons. The van der Waals surface area contributed by atoms with Gasteiger partial charge in [0.2, 0.25) is 0 Å². The first kappa shape index (κ1) is 15.4. The molecule has 0 atom stereocenters. The highest BCUT2D eigenvalue weighted by molar-refractivity contribution is 7.16. The zero-order valence-corrected chi connectivity index (χ0v) is 12.9. The standard InChI is InChI=1S/C15H18N2O3S/c1-10(2)5-6-16-14(18)8-20-15(19)11-3-4-12-13(7-11)21-9-17-12/h3-4,7,9-10H,5-6,8H2,1-2H3,(H,16,18). The number of nitrogens with one attached hydrogen (secondary N) is 1. The predicted molar refractivity (Wildman–Crippen MR) is 82.4 cm³/mol. The van der Waals surface area contributed by atoms with Crippen LogP contribution in [0, 0.1) is 5.92 Å². The summed E-state index contributed by atoms with van der Waals surface area (Å²) < 4.78 is 5.93. The van der Waals surface area contributed by atoms with Gasteiger partial charge in [0.1, 0.15) is 0 Å². The fourth-order valence-electron chi connectivity index (χ4n) is 1.75. The van der Waals surface area contributed by atoms with Crippen molar-refractivity contribution in [3.8, 4) is 0 Å². The Morgan fingerprint density at radius 2 is 2.19 bits per heavy atom. The van der Waals surface area contributed by atoms with Crippen LogP contribution in [0.1, 0.15) is 30.6 Å². The van der Waals surface area contributed by atoms with Crippen LogP contribution in [0.25, 0.3) is 10.2 Å². The van der Waals surface area contributed by atoms with Gasteiger partial charge >= 0.3 is 5.97 Å². The molecule has 0 saturated carbocycles. The molecule has 0 saturated heterocycles. The second kappa shape index (κ2) is 7.17. The van der Waals surface area contributed by atoms with Gasteiger partial charge in [-0.1, -0.05) is 13.8 Å². The summed E-state index contributed by atoms with van der Waals surface area (Å²) in [4.78, 5) is 27.6. The van der Waals surface area contributed by atoms with E-state index in [-0.39, 0.29) is 12.5 Å². The predicted octanol–water partition coefficient (Wildman–Crippen LogP) is 2.62. The van der Waals surface area contributed by atoms with E-state index in [0.29, 0.717) is 18.0 Å². The van der Waals surface area contributed by atoms with E-state index in [4.69, 9.17) is 4.74 Å². The van der Waals surface area contributed by atoms with Gasteiger partial charge in [-0.15, -0.1) is 11.3 Å². The van der Waals surface area contributed by atoms with Gasteiger partial charge in [0.15, 0.2) is 6.61 Å². The average molecular weight is 306 g/mol. The number of thiazole rings is 1. The van der Waals surface area contributed by atoms with Crippen molar-refractivity contribution in [2.24, 2.45) is 5.92 Å². The quantitative estimate of drug-likeness (QED) is 0.833. The highest BCUT2D eigenvalue weighted by Gasteiger charge is 2.11. The minimum atomic E-state index is -0.496. The summed E-state index contributed by atoms with van der Waals surface area (Å²) in [5, 5.41) is 2.72. The van der Waals surface area contributed by atoms with Gasteiger partial charge < -0.3 is 10.1 Å². The highest BCUT2D eigenvalue weighted by Crippen LogP contribution is 2.19. The number of esters is 1. The molecule has 0 radical (unpaired) electrons. The van der Waals surface area contributed by atoms with E-state index in [1.54, 1.807) is 23.7 Å². The van der Waals surface area contributed by atoms with E-state index in [9.17, 15) is 9.59 Å². The SMILES string of the molecule is CC(C)CCNC(=O)COC(=O)c1ccc2ncsc2c1. The van der Waals surface area contributed by atoms with Crippen LogP contribution in [-0.4, -0.2) is 30.0 Å². The Morgan fingerprint density at radius 3 is 2.95 bits per heavy atom. The second-order valence-electron chi connectivity index (χ2n) is 5.14. The van der Waals surface area contributed by atoms with Crippen LogP contribution in [0.5, 0.6) is 0 Å². The Bertz CT molecular complexity index is 637. The molecule has 1 aromatic carbocycles. The Morgan fingerprint density at radius 1 is 1.38 bits per heavy atom. The lowest BCUT2D eigenvalue weighted by Gasteiger charge is -2.08. The second-order valence-corrected chi connectivity index (χ2v) is 6.03. The minimum absolute atomic E-state index is 0.252. The number of hydrogen-bond acceptors (Lipinski definition) is 5. The summed E-state index contributed by atoms with van der Waals surface area (Å²) in [5.74, 6) is -0.244. The maximum atomic E-state index is 11.9. The fraction of sp³-hybridized carbons (Fsp3) is 0.400. The average Bonchev–Trinajstić information content (AvgIpc) is 2.91. The molecule has 1 aromatic heterocycles. The van der Waals surface area contributed by atoms with E-state index in [1.165, 1.54) is 11.3 Å². The van der Waals surface area contributed by atoms with E-state index < -0.39 is 5.97 Å². The Kier molecular flexibility index (Phi) is 5.27. The summed E-state index contributed by atoms with van der Waals surface area (Å²) in [6, 6.07) is 5.15. The smallest absolute Gasteiger partial charge is 0.338 e. The highest BCUT2D eigenvalue weighted by atomic mass is 32.1. The minimum Gasteiger partial charge on any atom is -0.452 e. The molecule has 1 N–H and O–H groups in total. The summed E-state index contributed by atoms with van der Waals surface area (Å²) in [6.45, 7) is 4.52. The van der Waals surface area contributed by atoms with E-state index >= 15 is 0 Å². The van der Waals surface area contributed by atoms with Crippen LogP contribution < -0.4 is 5.32 Å². The first-order valence-electron chi connectivity index (χ1n) is 6.83. The number of fused-ring (bicyclic) bond motifs is 1. The molecule has 1 heterocycles. The largest absolute Gasteiger partial charge is 0.452 e. The van der Waals surface area contributed by atoms with E-state index in [2.05, 4.69) is 24.1 Å². The molecule has 21 heavy (non-hydrogen) atoms. The molecule has 0 aliphatic carbocycles. The van der Waals surface area contributed by atoms with Crippen molar-refractivity contribution in [2.45, 2.75) is 20.3 Å². The number of carbonyl (C=O) groups excluding carboxylic acids is 2. The summed E-state index contributed by atoms with van der Waals surface area (Å²) >= 11 is 1.46. The van der Waals surface area contributed by atoms with Gasteiger partial charge in [-0.25, -0.2) is 9.78 Å². The molecule has 1 amide bonds. The third-order valence-corrected chi connectivity index (χ3v) is 3.74. The van der Waals surface area contributed by atoms with Gasteiger partial charge in [0.05, 0.1) is 21.3 Å². The molecule has 2 rings (SSSR count). The topological polar surface area (TPSA) is 68.3 Å². The number of aromatic nitrogens is 1. The van der Waals surface area contributed by atoms with Gasteiger partial charge in [-0.05, 0) is 30.5 Å². The lowest BCUT2D eigenvalue weighted by molar-refractivity contribution is -0.124. The Hall–Kier alpha value is -1.95. The zero-order valence-electron chi connectivity index (χ0n) is 12.1. The molecule has 2 aromatic rings. The molecule has 0 aliphatic rings. The van der Waals surface area contributed by atoms with Crippen molar-refractivity contribution >= 4 is 33.4 Å². The van der Waals surface area contributed by atoms with Crippen molar-refractivity contribution in [3.63, 3.8) is 0 Å². The summed E-state index contributed by atoms with van der Waals surface area (Å²) in [7, 11) is 0. The third-order valence-electron chi connectivity index (χ3n) is 2.95. The van der Waals surface area contributed by atoms with E-state index in [1.807, 2.05) is 0 Å². The normalized spacial score (nSPS) is 10.8. The molecule has 0 unspecified atom stereocenters. The first-order chi connectivity index (χ1) is 10.1. The number of carbonyl (C=O) groups is 2. The van der Waals surface area contributed by atoms with Crippen molar-refractivity contribution in [1.82, 2.24) is 10.3 Å². The van der Waals surface area contributed by atoms with Crippen LogP contribution in [0.4, 0.5) is 0 Å². The Labute approximate surface area is 127 Å². The third kappa shape index (κ3) is 4.53. The number of nitrogens with zero attached hydrogens (tertiary/aromatic N) is 1. The zero-order chi connectivity index (χ0) is 15.2. The van der Waals surface area contributed by atoms with Crippen LogP contribution in [-0.2, 0) is 9.53 Å². The van der Waals surface area contributed by atoms with Crippen LogP contribution in [0.3, 0.4) is 0 Å². The van der Waals surface area contributed by atoms with Crippen LogP contribution in [0.15, 0.2) is 23.7 Å². The lowest BCUT2D eigenvalue weighted by Crippen LogP contribution is -2.30. The molecule has 0 fully saturated rings. The maximum absolute atomic E-state index is 11.9. The molecule has 6 heteroatoms. The molecule has 0 bridgehead atoms. The lowest BCUT2D eigenvalue weighted by atomic mass is 10.1. The molecular formula is C15H18N2O3S. The van der Waals surface area contributed by atoms with Gasteiger partial charge in [-0.2, -0.15) is 0 Å². The number of amides is 1. The first-order valence-corrected chi connectivity index (χ1v) is 7.71. The fourth-order valence-corrected chi connectivity index (χ4v) is 2.46. The van der Waals surface area contributed by atoms with Crippen molar-refractivity contribution < 1.29 is 14.3 Å². The van der Waals surface area contributed by atoms with Gasteiger partial charge in [-0.3, -0.25) is 4.79 Å². The van der Waals surface area contributed by atoms with Gasteiger partial charge in [0.25, 0.3) is 5.91 Å². The Balaban J connectivity index is 1.82. The van der Waals surface area contributed by atoms with E-state index in [0.717, 1.165) is 16.6 Å². The van der Waals surface area contributed by atoms with Crippen molar-refractivity contribution in [3.05, 3.63) is 29.3 Å². The molecule has 0 aliphatic heterocycles. The number of benzene rings is 1. The van der Waals surface area contributed by atoms with Crippen molar-refractivity contribution in [1.29, 1.82) is 0 Å². The number of ether oxygens (including phenoxy) is 1. The van der Waals surface area contributed by atoms with Crippen molar-refractivity contribution in [2.75, 3.05) is 13.2 Å². The summed E-state index contributed by atoms with van der Waals surface area (Å²) in [6.07, 6.45) is 0.904. The summed E-state index contributed by atoms with van der Waals surface area (Å²) in [5.41, 5.74) is 3.01. The molecule has 5 nitrogen and oxygen atoms in total. The van der Waals surface area contributed by atoms with Crippen LogP contribution >= 0.6 is 11.3 Å². The van der Waals surface area contributed by atoms with Gasteiger partial charge in [0, 0.05) is 6.54 Å². The van der Waals surface area contributed by atoms with Crippen LogP contribution in [0.2, 0.25) is 0 Å². The monoisotopic (exact) mass is 306 g/mol. The number of rotatable bonds is 6. The molecule has 0 spiro atoms. The molecular weight excluding hydrogens is 288 g/mol. The maximum Gasteiger partial charge on any atom is 0.338 e.